The first-order valence-electron chi connectivity index (χ1n) is 5.25. The molecule has 1 fully saturated rings. The Morgan fingerprint density at radius 2 is 2.27 bits per heavy atom. The molecule has 5 nitrogen and oxygen atoms in total. The molecule has 0 radical (unpaired) electrons. The largest absolute Gasteiger partial charge is 0.394 e. The average molecular weight is 217 g/mol. The Kier molecular flexibility index (Phi) is 5.60. The van der Waals surface area contributed by atoms with E-state index in [1.807, 2.05) is 0 Å². The number of aliphatic hydroxyl groups is 1. The third-order valence-electron chi connectivity index (χ3n) is 2.53. The van der Waals surface area contributed by atoms with Crippen molar-refractivity contribution in [2.24, 2.45) is 5.92 Å². The highest BCUT2D eigenvalue weighted by atomic mass is 16.5. The molecule has 15 heavy (non-hydrogen) atoms. The zero-order valence-electron chi connectivity index (χ0n) is 9.07. The van der Waals surface area contributed by atoms with Gasteiger partial charge in [0.25, 0.3) is 0 Å². The topological polar surface area (TPSA) is 67.8 Å². The van der Waals surface area contributed by atoms with Gasteiger partial charge in [-0.1, -0.05) is 0 Å². The van der Waals surface area contributed by atoms with Crippen molar-refractivity contribution in [1.29, 1.82) is 0 Å². The number of ether oxygens (including phenoxy) is 2. The lowest BCUT2D eigenvalue weighted by atomic mass is 9.99. The maximum atomic E-state index is 11.7. The lowest BCUT2D eigenvalue weighted by Gasteiger charge is -2.23. The average Bonchev–Trinajstić information content (AvgIpc) is 2.29. The molecule has 0 aromatic carbocycles. The maximum Gasteiger partial charge on any atom is 0.223 e. The molecule has 1 unspecified atom stereocenters. The second-order valence-electron chi connectivity index (χ2n) is 3.73. The SMILES string of the molecule is COCC(CO)NC(=O)C1CCOCC1. The summed E-state index contributed by atoms with van der Waals surface area (Å²) in [7, 11) is 1.54. The van der Waals surface area contributed by atoms with Crippen molar-refractivity contribution in [2.75, 3.05) is 33.5 Å². The first kappa shape index (κ1) is 12.4. The fourth-order valence-electron chi connectivity index (χ4n) is 1.62. The highest BCUT2D eigenvalue weighted by Crippen LogP contribution is 2.14. The number of hydrogen-bond donors (Lipinski definition) is 2. The van der Waals surface area contributed by atoms with Gasteiger partial charge in [-0.15, -0.1) is 0 Å². The molecule has 0 aromatic rings. The second-order valence-corrected chi connectivity index (χ2v) is 3.73. The summed E-state index contributed by atoms with van der Waals surface area (Å²) in [5.41, 5.74) is 0. The minimum Gasteiger partial charge on any atom is -0.394 e. The number of methoxy groups -OCH3 is 1. The molecule has 0 spiro atoms. The van der Waals surface area contributed by atoms with E-state index >= 15 is 0 Å². The molecular formula is C10H19NO4. The van der Waals surface area contributed by atoms with Crippen LogP contribution in [0.25, 0.3) is 0 Å². The van der Waals surface area contributed by atoms with Crippen LogP contribution in [0.4, 0.5) is 0 Å². The van der Waals surface area contributed by atoms with Crippen molar-refractivity contribution in [2.45, 2.75) is 18.9 Å². The van der Waals surface area contributed by atoms with Crippen molar-refractivity contribution >= 4 is 5.91 Å². The molecule has 1 aliphatic heterocycles. The Morgan fingerprint density at radius 3 is 2.80 bits per heavy atom. The van der Waals surface area contributed by atoms with Gasteiger partial charge in [-0.25, -0.2) is 0 Å². The van der Waals surface area contributed by atoms with Gasteiger partial charge in [-0.2, -0.15) is 0 Å². The molecule has 0 saturated carbocycles. The van der Waals surface area contributed by atoms with E-state index in [0.29, 0.717) is 19.8 Å². The van der Waals surface area contributed by atoms with Gasteiger partial charge in [-0.3, -0.25) is 4.79 Å². The molecule has 5 heteroatoms. The van der Waals surface area contributed by atoms with E-state index in [4.69, 9.17) is 14.6 Å². The van der Waals surface area contributed by atoms with E-state index in [9.17, 15) is 4.79 Å². The Labute approximate surface area is 89.8 Å². The molecular weight excluding hydrogens is 198 g/mol. The first-order chi connectivity index (χ1) is 7.27. The fraction of sp³-hybridized carbons (Fsp3) is 0.900. The van der Waals surface area contributed by atoms with E-state index in [2.05, 4.69) is 5.32 Å². The highest BCUT2D eigenvalue weighted by molar-refractivity contribution is 5.79. The monoisotopic (exact) mass is 217 g/mol. The summed E-state index contributed by atoms with van der Waals surface area (Å²) in [5.74, 6) is 0.0130. The van der Waals surface area contributed by atoms with E-state index in [0.717, 1.165) is 12.8 Å². The summed E-state index contributed by atoms with van der Waals surface area (Å²) >= 11 is 0. The van der Waals surface area contributed by atoms with Gasteiger partial charge in [-0.05, 0) is 12.8 Å². The Balaban J connectivity index is 2.31. The lowest BCUT2D eigenvalue weighted by Crippen LogP contribution is -2.44. The summed E-state index contributed by atoms with van der Waals surface area (Å²) < 4.78 is 10.1. The molecule has 1 saturated heterocycles. The zero-order chi connectivity index (χ0) is 11.1. The quantitative estimate of drug-likeness (QED) is 0.653. The summed E-state index contributed by atoms with van der Waals surface area (Å²) in [6.45, 7) is 1.53. The predicted octanol–water partition coefficient (Wildman–Crippen LogP) is -0.463. The molecule has 1 atom stereocenters. The van der Waals surface area contributed by atoms with E-state index in [-0.39, 0.29) is 24.5 Å². The van der Waals surface area contributed by atoms with Crippen LogP contribution >= 0.6 is 0 Å². The van der Waals surface area contributed by atoms with Crippen LogP contribution in [-0.4, -0.2) is 50.6 Å². The van der Waals surface area contributed by atoms with Crippen molar-refractivity contribution in [3.63, 3.8) is 0 Å². The fourth-order valence-corrected chi connectivity index (χ4v) is 1.62. The molecule has 2 N–H and O–H groups in total. The summed E-state index contributed by atoms with van der Waals surface area (Å²) in [5, 5.41) is 11.8. The maximum absolute atomic E-state index is 11.7. The smallest absolute Gasteiger partial charge is 0.223 e. The second kappa shape index (κ2) is 6.76. The number of amides is 1. The summed E-state index contributed by atoms with van der Waals surface area (Å²) in [6.07, 6.45) is 1.52. The minimum atomic E-state index is -0.301. The van der Waals surface area contributed by atoms with Gasteiger partial charge in [0.2, 0.25) is 5.91 Å². The molecule has 88 valence electrons. The number of aliphatic hydroxyl groups excluding tert-OH is 1. The van der Waals surface area contributed by atoms with Crippen molar-refractivity contribution in [3.05, 3.63) is 0 Å². The van der Waals surface area contributed by atoms with Crippen LogP contribution in [0.1, 0.15) is 12.8 Å². The number of nitrogens with one attached hydrogen (secondary N) is 1. The lowest BCUT2D eigenvalue weighted by molar-refractivity contribution is -0.129. The molecule has 0 aliphatic carbocycles. The number of carbonyl (C=O) groups is 1. The van der Waals surface area contributed by atoms with Crippen LogP contribution < -0.4 is 5.32 Å². The van der Waals surface area contributed by atoms with Crippen LogP contribution in [0.5, 0.6) is 0 Å². The molecule has 1 rings (SSSR count). The normalized spacial score (nSPS) is 19.9. The molecule has 1 heterocycles. The van der Waals surface area contributed by atoms with Crippen LogP contribution in [0.15, 0.2) is 0 Å². The third-order valence-corrected chi connectivity index (χ3v) is 2.53. The number of hydrogen-bond acceptors (Lipinski definition) is 4. The molecule has 0 aromatic heterocycles. The Morgan fingerprint density at radius 1 is 1.60 bits per heavy atom. The number of rotatable bonds is 5. The summed E-state index contributed by atoms with van der Waals surface area (Å²) in [6, 6.07) is -0.301. The van der Waals surface area contributed by atoms with Crippen LogP contribution in [0, 0.1) is 5.92 Å². The van der Waals surface area contributed by atoms with Crippen LogP contribution in [0.2, 0.25) is 0 Å². The van der Waals surface area contributed by atoms with Crippen LogP contribution in [0.3, 0.4) is 0 Å². The highest BCUT2D eigenvalue weighted by Gasteiger charge is 2.23. The minimum absolute atomic E-state index is 0.00519. The van der Waals surface area contributed by atoms with Gasteiger partial charge in [0.15, 0.2) is 0 Å². The molecule has 0 bridgehead atoms. The number of carbonyl (C=O) groups excluding carboxylic acids is 1. The van der Waals surface area contributed by atoms with E-state index in [1.165, 1.54) is 0 Å². The third kappa shape index (κ3) is 4.15. The van der Waals surface area contributed by atoms with Crippen molar-refractivity contribution < 1.29 is 19.4 Å². The van der Waals surface area contributed by atoms with Gasteiger partial charge < -0.3 is 19.9 Å². The van der Waals surface area contributed by atoms with Gasteiger partial charge in [0.05, 0.1) is 19.3 Å². The Hall–Kier alpha value is -0.650. The first-order valence-corrected chi connectivity index (χ1v) is 5.25. The Bertz CT molecular complexity index is 192. The van der Waals surface area contributed by atoms with E-state index < -0.39 is 0 Å². The van der Waals surface area contributed by atoms with Crippen LogP contribution in [-0.2, 0) is 14.3 Å². The van der Waals surface area contributed by atoms with Gasteiger partial charge >= 0.3 is 0 Å². The van der Waals surface area contributed by atoms with Crippen molar-refractivity contribution in [1.82, 2.24) is 5.32 Å². The predicted molar refractivity (Wildman–Crippen MR) is 54.4 cm³/mol. The molecule has 1 aliphatic rings. The van der Waals surface area contributed by atoms with E-state index in [1.54, 1.807) is 7.11 Å². The zero-order valence-corrected chi connectivity index (χ0v) is 9.07. The van der Waals surface area contributed by atoms with Gasteiger partial charge in [0, 0.05) is 26.2 Å². The standard InChI is InChI=1S/C10H19NO4/c1-14-7-9(6-12)11-10(13)8-2-4-15-5-3-8/h8-9,12H,2-7H2,1H3,(H,11,13). The molecule has 1 amide bonds. The van der Waals surface area contributed by atoms with Crippen molar-refractivity contribution in [3.8, 4) is 0 Å². The summed E-state index contributed by atoms with van der Waals surface area (Å²) in [4.78, 5) is 11.7. The van der Waals surface area contributed by atoms with Gasteiger partial charge in [0.1, 0.15) is 0 Å².